The van der Waals surface area contributed by atoms with Gasteiger partial charge in [-0.15, -0.1) is 24.0 Å². The first-order valence-electron chi connectivity index (χ1n) is 7.47. The average molecular weight is 433 g/mol. The predicted octanol–water partition coefficient (Wildman–Crippen LogP) is 3.18. The average Bonchev–Trinajstić information content (AvgIpc) is 2.41. The summed E-state index contributed by atoms with van der Waals surface area (Å²) < 4.78 is 5.26. The Balaban J connectivity index is 0.00000484. The zero-order valence-electron chi connectivity index (χ0n) is 14.8. The topological polar surface area (TPSA) is 62.7 Å². The van der Waals surface area contributed by atoms with Crippen molar-refractivity contribution in [3.63, 3.8) is 0 Å². The van der Waals surface area contributed by atoms with E-state index >= 15 is 0 Å². The molecule has 1 rings (SSSR count). The van der Waals surface area contributed by atoms with Gasteiger partial charge >= 0.3 is 5.97 Å². The minimum atomic E-state index is -0.482. The fraction of sp³-hybridized carbons (Fsp3) is 0.529. The molecule has 0 spiro atoms. The number of esters is 1. The van der Waals surface area contributed by atoms with Crippen LogP contribution in [0.3, 0.4) is 0 Å². The molecule has 5 nitrogen and oxygen atoms in total. The van der Waals surface area contributed by atoms with Crippen molar-refractivity contribution in [2.24, 2.45) is 4.99 Å². The van der Waals surface area contributed by atoms with Crippen LogP contribution in [0.5, 0.6) is 0 Å². The van der Waals surface area contributed by atoms with Crippen LogP contribution in [0.1, 0.15) is 44.9 Å². The maximum absolute atomic E-state index is 11.7. The van der Waals surface area contributed by atoms with Crippen LogP contribution in [0.2, 0.25) is 0 Å². The molecule has 0 bridgehead atoms. The quantitative estimate of drug-likeness (QED) is 0.332. The summed E-state index contributed by atoms with van der Waals surface area (Å²) in [4.78, 5) is 15.9. The van der Waals surface area contributed by atoms with Gasteiger partial charge < -0.3 is 15.4 Å². The lowest BCUT2D eigenvalue weighted by molar-refractivity contribution is -0.153. The fourth-order valence-corrected chi connectivity index (χ4v) is 2.08. The molecule has 1 aromatic carbocycles. The van der Waals surface area contributed by atoms with Gasteiger partial charge in [-0.25, -0.2) is 0 Å². The van der Waals surface area contributed by atoms with Crippen LogP contribution in [-0.4, -0.2) is 31.1 Å². The van der Waals surface area contributed by atoms with Gasteiger partial charge in [-0.1, -0.05) is 24.3 Å². The Bertz CT molecular complexity index is 539. The molecular formula is C17H28IN3O2. The SMILES string of the molecule is CN=C(NCC(=O)OC(C)(C)C)NC(C)c1ccccc1C.I. The predicted molar refractivity (Wildman–Crippen MR) is 105 cm³/mol. The lowest BCUT2D eigenvalue weighted by Crippen LogP contribution is -2.42. The van der Waals surface area contributed by atoms with E-state index in [1.54, 1.807) is 7.05 Å². The normalized spacial score (nSPS) is 12.9. The smallest absolute Gasteiger partial charge is 0.325 e. The molecule has 0 fully saturated rings. The van der Waals surface area contributed by atoms with E-state index in [0.717, 1.165) is 0 Å². The second-order valence-corrected chi connectivity index (χ2v) is 6.23. The van der Waals surface area contributed by atoms with Crippen LogP contribution in [0.15, 0.2) is 29.3 Å². The number of ether oxygens (including phenoxy) is 1. The Morgan fingerprint density at radius 1 is 1.30 bits per heavy atom. The maximum atomic E-state index is 11.7. The minimum Gasteiger partial charge on any atom is -0.459 e. The van der Waals surface area contributed by atoms with Crippen molar-refractivity contribution in [1.82, 2.24) is 10.6 Å². The Kier molecular flexibility index (Phi) is 9.19. The minimum absolute atomic E-state index is 0. The van der Waals surface area contributed by atoms with Crippen molar-refractivity contribution in [2.45, 2.75) is 46.3 Å². The van der Waals surface area contributed by atoms with Gasteiger partial charge in [0.15, 0.2) is 5.96 Å². The van der Waals surface area contributed by atoms with Crippen LogP contribution < -0.4 is 10.6 Å². The molecule has 0 aromatic heterocycles. The van der Waals surface area contributed by atoms with Crippen LogP contribution in [0.25, 0.3) is 0 Å². The van der Waals surface area contributed by atoms with Crippen molar-refractivity contribution in [2.75, 3.05) is 13.6 Å². The second kappa shape index (κ2) is 9.75. The van der Waals surface area contributed by atoms with E-state index in [2.05, 4.69) is 41.6 Å². The van der Waals surface area contributed by atoms with Crippen LogP contribution in [0, 0.1) is 6.92 Å². The number of hydrogen-bond donors (Lipinski definition) is 2. The fourth-order valence-electron chi connectivity index (χ4n) is 2.08. The third-order valence-corrected chi connectivity index (χ3v) is 3.05. The molecule has 1 atom stereocenters. The number of rotatable bonds is 4. The molecular weight excluding hydrogens is 405 g/mol. The number of nitrogens with one attached hydrogen (secondary N) is 2. The molecule has 0 saturated carbocycles. The monoisotopic (exact) mass is 433 g/mol. The van der Waals surface area contributed by atoms with Crippen molar-refractivity contribution in [3.05, 3.63) is 35.4 Å². The van der Waals surface area contributed by atoms with Gasteiger partial charge in [0.2, 0.25) is 0 Å². The van der Waals surface area contributed by atoms with Gasteiger partial charge in [-0.2, -0.15) is 0 Å². The molecule has 23 heavy (non-hydrogen) atoms. The third kappa shape index (κ3) is 8.20. The van der Waals surface area contributed by atoms with Gasteiger partial charge in [-0.05, 0) is 45.7 Å². The van der Waals surface area contributed by atoms with Crippen molar-refractivity contribution < 1.29 is 9.53 Å². The van der Waals surface area contributed by atoms with E-state index in [0.29, 0.717) is 5.96 Å². The summed E-state index contributed by atoms with van der Waals surface area (Å²) in [5, 5.41) is 6.25. The number of nitrogens with zero attached hydrogens (tertiary/aromatic N) is 1. The highest BCUT2D eigenvalue weighted by atomic mass is 127. The molecule has 0 amide bonds. The summed E-state index contributed by atoms with van der Waals surface area (Å²) >= 11 is 0. The van der Waals surface area contributed by atoms with Crippen LogP contribution >= 0.6 is 24.0 Å². The zero-order valence-corrected chi connectivity index (χ0v) is 17.1. The van der Waals surface area contributed by atoms with E-state index in [4.69, 9.17) is 4.74 Å². The first kappa shape index (κ1) is 21.7. The maximum Gasteiger partial charge on any atom is 0.325 e. The third-order valence-electron chi connectivity index (χ3n) is 3.05. The number of carbonyl (C=O) groups is 1. The van der Waals surface area contributed by atoms with Crippen LogP contribution in [0.4, 0.5) is 0 Å². The van der Waals surface area contributed by atoms with Crippen molar-refractivity contribution in [3.8, 4) is 0 Å². The number of hydrogen-bond acceptors (Lipinski definition) is 3. The Morgan fingerprint density at radius 3 is 2.43 bits per heavy atom. The number of halogens is 1. The molecule has 0 heterocycles. The standard InChI is InChI=1S/C17H27N3O2.HI/c1-12-9-7-8-10-14(12)13(2)20-16(18-6)19-11-15(21)22-17(3,4)5;/h7-10,13H,11H2,1-6H3,(H2,18,19,20);1H. The first-order valence-corrected chi connectivity index (χ1v) is 7.47. The number of carbonyl (C=O) groups excluding carboxylic acids is 1. The molecule has 6 heteroatoms. The summed E-state index contributed by atoms with van der Waals surface area (Å²) in [5.41, 5.74) is 1.93. The molecule has 2 N–H and O–H groups in total. The van der Waals surface area contributed by atoms with E-state index < -0.39 is 5.60 Å². The van der Waals surface area contributed by atoms with Gasteiger partial charge in [0.05, 0.1) is 6.04 Å². The number of aliphatic imine (C=N–C) groups is 1. The second-order valence-electron chi connectivity index (χ2n) is 6.23. The zero-order chi connectivity index (χ0) is 16.8. The van der Waals surface area contributed by atoms with Crippen molar-refractivity contribution >= 4 is 35.9 Å². The Hall–Kier alpha value is -1.31. The van der Waals surface area contributed by atoms with E-state index in [1.807, 2.05) is 32.9 Å². The Morgan fingerprint density at radius 2 is 1.91 bits per heavy atom. The highest BCUT2D eigenvalue weighted by molar-refractivity contribution is 14.0. The van der Waals surface area contributed by atoms with Gasteiger partial charge in [-0.3, -0.25) is 9.79 Å². The molecule has 0 aliphatic heterocycles. The number of benzene rings is 1. The highest BCUT2D eigenvalue weighted by Crippen LogP contribution is 2.16. The summed E-state index contributed by atoms with van der Waals surface area (Å²) in [6.45, 7) is 9.75. The number of guanidine groups is 1. The molecule has 0 aliphatic carbocycles. The highest BCUT2D eigenvalue weighted by Gasteiger charge is 2.17. The molecule has 0 saturated heterocycles. The lowest BCUT2D eigenvalue weighted by atomic mass is 10.0. The molecule has 0 aliphatic rings. The summed E-state index contributed by atoms with van der Waals surface area (Å²) in [5.74, 6) is 0.264. The van der Waals surface area contributed by atoms with Crippen LogP contribution in [-0.2, 0) is 9.53 Å². The summed E-state index contributed by atoms with van der Waals surface area (Å²) in [6, 6.07) is 8.27. The Labute approximate surface area is 156 Å². The van der Waals surface area contributed by atoms with E-state index in [9.17, 15) is 4.79 Å². The van der Waals surface area contributed by atoms with Gasteiger partial charge in [0, 0.05) is 7.05 Å². The molecule has 0 radical (unpaired) electrons. The first-order chi connectivity index (χ1) is 10.2. The summed E-state index contributed by atoms with van der Waals surface area (Å²) in [6.07, 6.45) is 0. The van der Waals surface area contributed by atoms with Gasteiger partial charge in [0.1, 0.15) is 12.1 Å². The lowest BCUT2D eigenvalue weighted by Gasteiger charge is -2.22. The van der Waals surface area contributed by atoms with Crippen molar-refractivity contribution in [1.29, 1.82) is 0 Å². The van der Waals surface area contributed by atoms with Gasteiger partial charge in [0.25, 0.3) is 0 Å². The molecule has 1 unspecified atom stereocenters. The van der Waals surface area contributed by atoms with E-state index in [1.165, 1.54) is 11.1 Å². The summed E-state index contributed by atoms with van der Waals surface area (Å²) in [7, 11) is 1.68. The number of aryl methyl sites for hydroxylation is 1. The largest absolute Gasteiger partial charge is 0.459 e. The molecule has 1 aromatic rings. The molecule has 130 valence electrons. The van der Waals surface area contributed by atoms with E-state index in [-0.39, 0.29) is 42.5 Å².